The van der Waals surface area contributed by atoms with Crippen LogP contribution in [0.25, 0.3) is 0 Å². The summed E-state index contributed by atoms with van der Waals surface area (Å²) in [5.41, 5.74) is 6.39. The predicted molar refractivity (Wildman–Crippen MR) is 78.4 cm³/mol. The lowest BCUT2D eigenvalue weighted by molar-refractivity contribution is -0.121. The maximum absolute atomic E-state index is 11.7. The van der Waals surface area contributed by atoms with Gasteiger partial charge in [-0.3, -0.25) is 4.79 Å². The van der Waals surface area contributed by atoms with E-state index < -0.39 is 0 Å². The zero-order valence-corrected chi connectivity index (χ0v) is 12.2. The van der Waals surface area contributed by atoms with Gasteiger partial charge in [-0.15, -0.1) is 0 Å². The Bertz CT molecular complexity index is 420. The molecule has 1 aromatic carbocycles. The third-order valence-electron chi connectivity index (χ3n) is 3.14. The van der Waals surface area contributed by atoms with E-state index in [1.807, 2.05) is 13.8 Å². The van der Waals surface area contributed by atoms with Crippen LogP contribution in [0.15, 0.2) is 24.3 Å². The fourth-order valence-corrected chi connectivity index (χ4v) is 1.75. The highest BCUT2D eigenvalue weighted by Gasteiger charge is 2.20. The van der Waals surface area contributed by atoms with Crippen LogP contribution in [0.4, 0.5) is 5.69 Å². The molecule has 4 nitrogen and oxygen atoms in total. The maximum Gasteiger partial charge on any atom is 0.250 e. The molecule has 3 N–H and O–H groups in total. The smallest absolute Gasteiger partial charge is 0.250 e. The fourth-order valence-electron chi connectivity index (χ4n) is 1.56. The van der Waals surface area contributed by atoms with Gasteiger partial charge in [-0.1, -0.05) is 31.5 Å². The van der Waals surface area contributed by atoms with Crippen molar-refractivity contribution in [2.45, 2.75) is 32.2 Å². The molecule has 0 saturated heterocycles. The quantitative estimate of drug-likeness (QED) is 0.809. The van der Waals surface area contributed by atoms with E-state index in [-0.39, 0.29) is 18.1 Å². The van der Waals surface area contributed by atoms with E-state index in [0.717, 1.165) is 12.8 Å². The SMILES string of the molecule is CCC(N)(CC)COCC(=O)Nc1cccc(Cl)c1. The molecule has 0 heterocycles. The van der Waals surface area contributed by atoms with E-state index in [1.54, 1.807) is 24.3 Å². The Balaban J connectivity index is 2.36. The molecule has 0 spiro atoms. The standard InChI is InChI=1S/C14H21ClN2O2/c1-3-14(16,4-2)10-19-9-13(18)17-12-7-5-6-11(15)8-12/h5-8H,3-4,9-10,16H2,1-2H3,(H,17,18). The lowest BCUT2D eigenvalue weighted by Crippen LogP contribution is -2.43. The number of hydrogen-bond donors (Lipinski definition) is 2. The van der Waals surface area contributed by atoms with E-state index >= 15 is 0 Å². The number of carbonyl (C=O) groups excluding carboxylic acids is 1. The predicted octanol–water partition coefficient (Wildman–Crippen LogP) is 2.81. The number of amides is 1. The van der Waals surface area contributed by atoms with Gasteiger partial charge in [0.1, 0.15) is 6.61 Å². The van der Waals surface area contributed by atoms with Crippen LogP contribution in [-0.4, -0.2) is 24.7 Å². The third kappa shape index (κ3) is 5.59. The molecule has 0 radical (unpaired) electrons. The highest BCUT2D eigenvalue weighted by atomic mass is 35.5. The number of anilines is 1. The summed E-state index contributed by atoms with van der Waals surface area (Å²) in [6.45, 7) is 4.40. The summed E-state index contributed by atoms with van der Waals surface area (Å²) < 4.78 is 5.37. The topological polar surface area (TPSA) is 64.3 Å². The molecule has 0 aliphatic heterocycles. The molecule has 0 aromatic heterocycles. The number of rotatable bonds is 7. The monoisotopic (exact) mass is 284 g/mol. The first-order valence-electron chi connectivity index (χ1n) is 6.41. The number of halogens is 1. The van der Waals surface area contributed by atoms with Gasteiger partial charge in [0, 0.05) is 16.2 Å². The first kappa shape index (κ1) is 16.0. The summed E-state index contributed by atoms with van der Waals surface area (Å²) in [4.78, 5) is 11.7. The van der Waals surface area contributed by atoms with Gasteiger partial charge in [0.05, 0.1) is 6.61 Å². The molecule has 0 unspecified atom stereocenters. The molecule has 19 heavy (non-hydrogen) atoms. The van der Waals surface area contributed by atoms with Crippen molar-refractivity contribution in [3.63, 3.8) is 0 Å². The number of ether oxygens (including phenoxy) is 1. The molecule has 0 atom stereocenters. The molecule has 5 heteroatoms. The third-order valence-corrected chi connectivity index (χ3v) is 3.37. The number of nitrogens with one attached hydrogen (secondary N) is 1. The highest BCUT2D eigenvalue weighted by molar-refractivity contribution is 6.30. The second-order valence-corrected chi connectivity index (χ2v) is 5.06. The highest BCUT2D eigenvalue weighted by Crippen LogP contribution is 2.15. The van der Waals surface area contributed by atoms with Crippen LogP contribution in [-0.2, 0) is 9.53 Å². The van der Waals surface area contributed by atoms with Crippen molar-refractivity contribution in [2.75, 3.05) is 18.5 Å². The molecule has 0 bridgehead atoms. The summed E-state index contributed by atoms with van der Waals surface area (Å²) in [5.74, 6) is -0.211. The van der Waals surface area contributed by atoms with E-state index in [1.165, 1.54) is 0 Å². The van der Waals surface area contributed by atoms with E-state index in [2.05, 4.69) is 5.32 Å². The molecule has 1 rings (SSSR count). The fraction of sp³-hybridized carbons (Fsp3) is 0.500. The van der Waals surface area contributed by atoms with Crippen LogP contribution >= 0.6 is 11.6 Å². The van der Waals surface area contributed by atoms with Crippen molar-refractivity contribution in [3.8, 4) is 0 Å². The van der Waals surface area contributed by atoms with Crippen molar-refractivity contribution in [3.05, 3.63) is 29.3 Å². The second kappa shape index (κ2) is 7.48. The molecule has 0 aliphatic carbocycles. The van der Waals surface area contributed by atoms with E-state index in [4.69, 9.17) is 22.1 Å². The number of hydrogen-bond acceptors (Lipinski definition) is 3. The van der Waals surface area contributed by atoms with Crippen LogP contribution in [0.2, 0.25) is 5.02 Å². The van der Waals surface area contributed by atoms with Crippen LogP contribution in [0.3, 0.4) is 0 Å². The van der Waals surface area contributed by atoms with Gasteiger partial charge in [-0.05, 0) is 31.0 Å². The van der Waals surface area contributed by atoms with Crippen molar-refractivity contribution in [2.24, 2.45) is 5.73 Å². The van der Waals surface area contributed by atoms with E-state index in [0.29, 0.717) is 17.3 Å². The molecular weight excluding hydrogens is 264 g/mol. The summed E-state index contributed by atoms with van der Waals surface area (Å²) in [5, 5.41) is 3.30. The van der Waals surface area contributed by atoms with Gasteiger partial charge in [0.25, 0.3) is 0 Å². The minimum Gasteiger partial charge on any atom is -0.370 e. The first-order chi connectivity index (χ1) is 8.99. The van der Waals surface area contributed by atoms with Crippen LogP contribution in [0, 0.1) is 0 Å². The second-order valence-electron chi connectivity index (χ2n) is 4.62. The zero-order valence-electron chi connectivity index (χ0n) is 11.4. The number of nitrogens with two attached hydrogens (primary N) is 1. The molecule has 1 amide bonds. The summed E-state index contributed by atoms with van der Waals surface area (Å²) in [7, 11) is 0. The molecule has 0 saturated carbocycles. The van der Waals surface area contributed by atoms with Crippen molar-refractivity contribution >= 4 is 23.2 Å². The van der Waals surface area contributed by atoms with Gasteiger partial charge in [-0.2, -0.15) is 0 Å². The number of carbonyl (C=O) groups is 1. The zero-order chi connectivity index (χ0) is 14.3. The molecule has 106 valence electrons. The van der Waals surface area contributed by atoms with Crippen LogP contribution in [0.1, 0.15) is 26.7 Å². The Morgan fingerprint density at radius 2 is 2.11 bits per heavy atom. The summed E-state index contributed by atoms with van der Waals surface area (Å²) in [6.07, 6.45) is 1.64. The van der Waals surface area contributed by atoms with Gasteiger partial charge in [0.15, 0.2) is 0 Å². The Kier molecular flexibility index (Phi) is 6.28. The maximum atomic E-state index is 11.7. The number of benzene rings is 1. The Morgan fingerprint density at radius 1 is 1.42 bits per heavy atom. The minimum absolute atomic E-state index is 0.00847. The Morgan fingerprint density at radius 3 is 2.68 bits per heavy atom. The summed E-state index contributed by atoms with van der Waals surface area (Å²) in [6, 6.07) is 6.98. The van der Waals surface area contributed by atoms with E-state index in [9.17, 15) is 4.79 Å². The lowest BCUT2D eigenvalue weighted by Gasteiger charge is -2.26. The average molecular weight is 285 g/mol. The van der Waals surface area contributed by atoms with Crippen LogP contribution in [0.5, 0.6) is 0 Å². The van der Waals surface area contributed by atoms with Gasteiger partial charge < -0.3 is 15.8 Å². The van der Waals surface area contributed by atoms with Crippen molar-refractivity contribution in [1.29, 1.82) is 0 Å². The Labute approximate surface area is 119 Å². The molecule has 0 aliphatic rings. The minimum atomic E-state index is -0.351. The first-order valence-corrected chi connectivity index (χ1v) is 6.79. The normalized spacial score (nSPS) is 11.4. The lowest BCUT2D eigenvalue weighted by atomic mass is 9.96. The summed E-state index contributed by atoms with van der Waals surface area (Å²) >= 11 is 5.83. The molecular formula is C14H21ClN2O2. The molecule has 0 fully saturated rings. The van der Waals surface area contributed by atoms with Gasteiger partial charge >= 0.3 is 0 Å². The van der Waals surface area contributed by atoms with Gasteiger partial charge in [0.2, 0.25) is 5.91 Å². The largest absolute Gasteiger partial charge is 0.370 e. The molecule has 1 aromatic rings. The van der Waals surface area contributed by atoms with Gasteiger partial charge in [-0.25, -0.2) is 0 Å². The average Bonchev–Trinajstić information content (AvgIpc) is 2.38. The Hall–Kier alpha value is -1.10. The van der Waals surface area contributed by atoms with Crippen LogP contribution < -0.4 is 11.1 Å². The van der Waals surface area contributed by atoms with Crippen molar-refractivity contribution < 1.29 is 9.53 Å². The van der Waals surface area contributed by atoms with Crippen molar-refractivity contribution in [1.82, 2.24) is 0 Å².